The summed E-state index contributed by atoms with van der Waals surface area (Å²) in [5, 5.41) is 9.16. The SMILES string of the molecule is CC1(C(=O)O)CC/C=C/C(OC(=O)NN)CC1. The summed E-state index contributed by atoms with van der Waals surface area (Å²) in [6.07, 6.45) is 4.68. The van der Waals surface area contributed by atoms with E-state index in [9.17, 15) is 9.59 Å². The van der Waals surface area contributed by atoms with E-state index in [2.05, 4.69) is 0 Å². The highest BCUT2D eigenvalue weighted by molar-refractivity contribution is 5.74. The number of aliphatic carboxylic acids is 1. The van der Waals surface area contributed by atoms with Crippen molar-refractivity contribution in [3.8, 4) is 0 Å². The standard InChI is InChI=1S/C11H18N2O4/c1-11(9(14)15)6-3-2-4-8(5-7-11)17-10(16)13-12/h2,4,8H,3,5-7,12H2,1H3,(H,13,16)(H,14,15)/b4-2+. The largest absolute Gasteiger partial charge is 0.481 e. The summed E-state index contributed by atoms with van der Waals surface area (Å²) in [5.41, 5.74) is 1.12. The number of nitrogens with one attached hydrogen (secondary N) is 1. The van der Waals surface area contributed by atoms with Gasteiger partial charge in [0.05, 0.1) is 5.41 Å². The van der Waals surface area contributed by atoms with Gasteiger partial charge in [0.15, 0.2) is 0 Å². The number of hydrogen-bond donors (Lipinski definition) is 3. The third-order valence-corrected chi connectivity index (χ3v) is 3.09. The molecule has 0 saturated carbocycles. The first-order valence-electron chi connectivity index (χ1n) is 5.55. The highest BCUT2D eigenvalue weighted by Gasteiger charge is 2.33. The summed E-state index contributed by atoms with van der Waals surface area (Å²) in [6.45, 7) is 1.72. The molecule has 2 atom stereocenters. The maximum Gasteiger partial charge on any atom is 0.421 e. The molecule has 0 saturated heterocycles. The molecule has 0 aromatic heterocycles. The van der Waals surface area contributed by atoms with Crippen LogP contribution >= 0.6 is 0 Å². The Hall–Kier alpha value is -1.56. The Balaban J connectivity index is 2.65. The molecule has 0 spiro atoms. The van der Waals surface area contributed by atoms with E-state index in [0.29, 0.717) is 25.7 Å². The monoisotopic (exact) mass is 242 g/mol. The van der Waals surface area contributed by atoms with Crippen LogP contribution in [0.1, 0.15) is 32.6 Å². The first-order valence-corrected chi connectivity index (χ1v) is 5.55. The van der Waals surface area contributed by atoms with Gasteiger partial charge < -0.3 is 9.84 Å². The molecule has 6 heteroatoms. The molecule has 0 fully saturated rings. The molecule has 6 nitrogen and oxygen atoms in total. The minimum atomic E-state index is -0.810. The zero-order valence-electron chi connectivity index (χ0n) is 9.81. The number of ether oxygens (including phenoxy) is 1. The van der Waals surface area contributed by atoms with Crippen LogP contribution in [0.15, 0.2) is 12.2 Å². The van der Waals surface area contributed by atoms with Crippen molar-refractivity contribution in [2.75, 3.05) is 0 Å². The molecule has 1 amide bonds. The number of carbonyl (C=O) groups is 2. The van der Waals surface area contributed by atoms with Crippen molar-refractivity contribution in [3.63, 3.8) is 0 Å². The van der Waals surface area contributed by atoms with Crippen LogP contribution in [0.4, 0.5) is 4.79 Å². The maximum atomic E-state index is 11.2. The molecule has 0 aromatic rings. The molecule has 1 rings (SSSR count). The van der Waals surface area contributed by atoms with E-state index in [1.165, 1.54) is 0 Å². The number of nitrogens with two attached hydrogens (primary N) is 1. The van der Waals surface area contributed by atoms with Crippen molar-refractivity contribution >= 4 is 12.1 Å². The minimum Gasteiger partial charge on any atom is -0.481 e. The molecule has 2 unspecified atom stereocenters. The van der Waals surface area contributed by atoms with Gasteiger partial charge in [-0.2, -0.15) is 0 Å². The lowest BCUT2D eigenvalue weighted by Gasteiger charge is -2.27. The zero-order valence-corrected chi connectivity index (χ0v) is 9.81. The van der Waals surface area contributed by atoms with Crippen molar-refractivity contribution in [3.05, 3.63) is 12.2 Å². The molecule has 0 bridgehead atoms. The molecule has 1 aliphatic carbocycles. The summed E-state index contributed by atoms with van der Waals surface area (Å²) < 4.78 is 4.99. The number of amides is 1. The van der Waals surface area contributed by atoms with Gasteiger partial charge in [0.1, 0.15) is 6.10 Å². The second kappa shape index (κ2) is 5.67. The third-order valence-electron chi connectivity index (χ3n) is 3.09. The molecule has 4 N–H and O–H groups in total. The summed E-state index contributed by atoms with van der Waals surface area (Å²) in [7, 11) is 0. The average molecular weight is 242 g/mol. The van der Waals surface area contributed by atoms with Crippen LogP contribution in [0.25, 0.3) is 0 Å². The quantitative estimate of drug-likeness (QED) is 0.292. The second-order valence-electron chi connectivity index (χ2n) is 4.46. The van der Waals surface area contributed by atoms with Gasteiger partial charge in [0.2, 0.25) is 0 Å². The van der Waals surface area contributed by atoms with Gasteiger partial charge in [-0.1, -0.05) is 6.08 Å². The van der Waals surface area contributed by atoms with Gasteiger partial charge in [-0.15, -0.1) is 0 Å². The van der Waals surface area contributed by atoms with E-state index in [1.807, 2.05) is 11.5 Å². The number of carbonyl (C=O) groups excluding carboxylic acids is 1. The maximum absolute atomic E-state index is 11.2. The first kappa shape index (κ1) is 13.5. The Bertz CT molecular complexity index is 329. The van der Waals surface area contributed by atoms with Crippen molar-refractivity contribution in [2.45, 2.75) is 38.7 Å². The lowest BCUT2D eigenvalue weighted by molar-refractivity contribution is -0.149. The van der Waals surface area contributed by atoms with Crippen LogP contribution < -0.4 is 11.3 Å². The topological polar surface area (TPSA) is 102 Å². The van der Waals surface area contributed by atoms with Crippen LogP contribution in [0.2, 0.25) is 0 Å². The van der Waals surface area contributed by atoms with E-state index < -0.39 is 23.6 Å². The lowest BCUT2D eigenvalue weighted by atomic mass is 9.79. The molecule has 17 heavy (non-hydrogen) atoms. The number of carboxylic acid groups (broad SMARTS) is 1. The van der Waals surface area contributed by atoms with E-state index in [4.69, 9.17) is 15.7 Å². The number of carboxylic acids is 1. The highest BCUT2D eigenvalue weighted by atomic mass is 16.6. The summed E-state index contributed by atoms with van der Waals surface area (Å²) in [6, 6.07) is 0. The zero-order chi connectivity index (χ0) is 12.9. The van der Waals surface area contributed by atoms with Crippen molar-refractivity contribution in [1.29, 1.82) is 0 Å². The van der Waals surface area contributed by atoms with Crippen LogP contribution in [0, 0.1) is 5.41 Å². The molecule has 0 heterocycles. The number of rotatable bonds is 2. The second-order valence-corrected chi connectivity index (χ2v) is 4.46. The Labute approximate surface area is 99.8 Å². The fraction of sp³-hybridized carbons (Fsp3) is 0.636. The Morgan fingerprint density at radius 1 is 1.53 bits per heavy atom. The Morgan fingerprint density at radius 3 is 2.82 bits per heavy atom. The molecule has 0 radical (unpaired) electrons. The molecule has 0 aliphatic heterocycles. The van der Waals surface area contributed by atoms with E-state index >= 15 is 0 Å². The number of hydrogen-bond acceptors (Lipinski definition) is 4. The number of allylic oxidation sites excluding steroid dienone is 1. The molecule has 1 aliphatic rings. The van der Waals surface area contributed by atoms with Crippen molar-refractivity contribution in [1.82, 2.24) is 5.43 Å². The fourth-order valence-corrected chi connectivity index (χ4v) is 1.82. The highest BCUT2D eigenvalue weighted by Crippen LogP contribution is 2.32. The molecular formula is C11H18N2O4. The molecule has 96 valence electrons. The first-order chi connectivity index (χ1) is 7.98. The van der Waals surface area contributed by atoms with Gasteiger partial charge in [0, 0.05) is 0 Å². The fourth-order valence-electron chi connectivity index (χ4n) is 1.82. The van der Waals surface area contributed by atoms with Gasteiger partial charge in [-0.05, 0) is 38.7 Å². The number of hydrazine groups is 1. The third kappa shape index (κ3) is 3.74. The van der Waals surface area contributed by atoms with Crippen LogP contribution in [0.3, 0.4) is 0 Å². The molecule has 0 aromatic carbocycles. The van der Waals surface area contributed by atoms with Crippen LogP contribution in [-0.4, -0.2) is 23.3 Å². The molecular weight excluding hydrogens is 224 g/mol. The lowest BCUT2D eigenvalue weighted by Crippen LogP contribution is -2.35. The van der Waals surface area contributed by atoms with E-state index in [-0.39, 0.29) is 0 Å². The summed E-state index contributed by atoms with van der Waals surface area (Å²) >= 11 is 0. The predicted molar refractivity (Wildman–Crippen MR) is 60.9 cm³/mol. The van der Waals surface area contributed by atoms with E-state index in [1.54, 1.807) is 13.0 Å². The van der Waals surface area contributed by atoms with E-state index in [0.717, 1.165) is 0 Å². The van der Waals surface area contributed by atoms with Crippen molar-refractivity contribution in [2.24, 2.45) is 11.3 Å². The van der Waals surface area contributed by atoms with Gasteiger partial charge in [-0.3, -0.25) is 10.2 Å². The average Bonchev–Trinajstić information content (AvgIpc) is 2.28. The summed E-state index contributed by atoms with van der Waals surface area (Å²) in [4.78, 5) is 22.1. The minimum absolute atomic E-state index is 0.419. The summed E-state index contributed by atoms with van der Waals surface area (Å²) in [5.74, 6) is 4.11. The van der Waals surface area contributed by atoms with Crippen LogP contribution in [0.5, 0.6) is 0 Å². The Kier molecular flexibility index (Phi) is 4.51. The normalized spacial score (nSPS) is 30.8. The van der Waals surface area contributed by atoms with Crippen molar-refractivity contribution < 1.29 is 19.4 Å². The van der Waals surface area contributed by atoms with Gasteiger partial charge in [0.25, 0.3) is 0 Å². The van der Waals surface area contributed by atoms with Gasteiger partial charge >= 0.3 is 12.1 Å². The predicted octanol–water partition coefficient (Wildman–Crippen LogP) is 1.18. The Morgan fingerprint density at radius 2 is 2.24 bits per heavy atom. The van der Waals surface area contributed by atoms with Crippen LogP contribution in [-0.2, 0) is 9.53 Å². The van der Waals surface area contributed by atoms with Gasteiger partial charge in [-0.25, -0.2) is 10.6 Å². The smallest absolute Gasteiger partial charge is 0.421 e.